The summed E-state index contributed by atoms with van der Waals surface area (Å²) in [6.07, 6.45) is 0.0480. The normalized spacial score (nSPS) is 18.3. The van der Waals surface area contributed by atoms with Crippen LogP contribution in [-0.4, -0.2) is 42.8 Å². The zero-order chi connectivity index (χ0) is 27.4. The lowest BCUT2D eigenvalue weighted by molar-refractivity contribution is -0.128. The molecule has 9 heteroatoms. The van der Waals surface area contributed by atoms with Crippen LogP contribution in [0.3, 0.4) is 0 Å². The summed E-state index contributed by atoms with van der Waals surface area (Å²) in [5, 5.41) is 9.24. The first kappa shape index (κ1) is 26.8. The van der Waals surface area contributed by atoms with Crippen molar-refractivity contribution in [3.8, 4) is 0 Å². The highest BCUT2D eigenvalue weighted by molar-refractivity contribution is 7.99. The topological polar surface area (TPSA) is 106 Å². The molecule has 2 heterocycles. The molecule has 3 aromatic rings. The molecule has 0 spiro atoms. The summed E-state index contributed by atoms with van der Waals surface area (Å²) in [5.74, 6) is -1.03. The highest BCUT2D eigenvalue weighted by atomic mass is 32.2. The number of ether oxygens (including phenoxy) is 2. The molecule has 5 rings (SSSR count). The molecule has 2 amide bonds. The number of amides is 2. The van der Waals surface area contributed by atoms with Crippen LogP contribution in [-0.2, 0) is 14.3 Å². The summed E-state index contributed by atoms with van der Waals surface area (Å²) in [6.45, 7) is 4.34. The van der Waals surface area contributed by atoms with E-state index in [1.165, 1.54) is 0 Å². The third-order valence-corrected chi connectivity index (χ3v) is 7.70. The van der Waals surface area contributed by atoms with Gasteiger partial charge in [0.05, 0.1) is 29.6 Å². The molecule has 0 aliphatic carbocycles. The van der Waals surface area contributed by atoms with Gasteiger partial charge in [-0.05, 0) is 61.2 Å². The number of anilines is 2. The number of hydrogen-bond acceptors (Lipinski definition) is 7. The monoisotopic (exact) mass is 545 g/mol. The second kappa shape index (κ2) is 11.9. The molecule has 1 fully saturated rings. The van der Waals surface area contributed by atoms with Crippen molar-refractivity contribution in [3.05, 3.63) is 83.9 Å². The Bertz CT molecular complexity index is 1360. The maximum absolute atomic E-state index is 13.3. The van der Waals surface area contributed by atoms with Crippen molar-refractivity contribution in [2.75, 3.05) is 11.9 Å². The summed E-state index contributed by atoms with van der Waals surface area (Å²) in [6, 6.07) is 20.9. The van der Waals surface area contributed by atoms with Crippen molar-refractivity contribution in [1.29, 1.82) is 0 Å². The summed E-state index contributed by atoms with van der Waals surface area (Å²) in [7, 11) is 0. The van der Waals surface area contributed by atoms with Crippen molar-refractivity contribution in [2.45, 2.75) is 54.9 Å². The molecule has 0 aromatic heterocycles. The maximum atomic E-state index is 13.3. The van der Waals surface area contributed by atoms with Crippen LogP contribution in [0.4, 0.5) is 11.4 Å². The molecule has 0 radical (unpaired) electrons. The van der Waals surface area contributed by atoms with E-state index in [1.54, 1.807) is 42.1 Å². The summed E-state index contributed by atoms with van der Waals surface area (Å²) >= 11 is 1.64. The molecule has 3 aromatic carbocycles. The molecule has 2 aliphatic heterocycles. The Balaban J connectivity index is 1.24. The third-order valence-electron chi connectivity index (χ3n) is 6.55. The molecule has 8 nitrogen and oxygen atoms in total. The Morgan fingerprint density at radius 1 is 0.974 bits per heavy atom. The number of para-hydroxylation sites is 1. The van der Waals surface area contributed by atoms with Gasteiger partial charge >= 0.3 is 5.97 Å². The molecule has 0 bridgehead atoms. The predicted octanol–water partition coefficient (Wildman–Crippen LogP) is 5.13. The highest BCUT2D eigenvalue weighted by Gasteiger charge is 2.35. The minimum Gasteiger partial charge on any atom is -0.430 e. The maximum Gasteiger partial charge on any atom is 0.340 e. The lowest BCUT2D eigenvalue weighted by Crippen LogP contribution is -2.52. The number of carbonyl (C=O) groups excluding carboxylic acids is 3. The van der Waals surface area contributed by atoms with Gasteiger partial charge in [0.15, 0.2) is 0 Å². The van der Waals surface area contributed by atoms with Crippen molar-refractivity contribution in [3.63, 3.8) is 0 Å². The molecule has 1 saturated heterocycles. The van der Waals surface area contributed by atoms with Gasteiger partial charge in [-0.2, -0.15) is 0 Å². The zero-order valence-electron chi connectivity index (χ0n) is 21.8. The largest absolute Gasteiger partial charge is 0.430 e. The van der Waals surface area contributed by atoms with E-state index in [0.717, 1.165) is 21.2 Å². The molecular formula is C30H31N3O5S. The Hall–Kier alpha value is -3.82. The first-order valence-electron chi connectivity index (χ1n) is 13.0. The van der Waals surface area contributed by atoms with Gasteiger partial charge in [-0.25, -0.2) is 4.79 Å². The first-order valence-corrected chi connectivity index (χ1v) is 13.9. The minimum absolute atomic E-state index is 0.158. The van der Waals surface area contributed by atoms with E-state index in [9.17, 15) is 14.4 Å². The average molecular weight is 546 g/mol. The Morgan fingerprint density at radius 2 is 1.72 bits per heavy atom. The minimum atomic E-state index is -0.899. The van der Waals surface area contributed by atoms with E-state index >= 15 is 0 Å². The number of benzene rings is 3. The second-order valence-electron chi connectivity index (χ2n) is 10.0. The number of rotatable bonds is 8. The van der Waals surface area contributed by atoms with Crippen LogP contribution in [0.25, 0.3) is 0 Å². The van der Waals surface area contributed by atoms with Crippen LogP contribution in [0, 0.1) is 5.92 Å². The number of nitrogens with one attached hydrogen (secondary N) is 3. The smallest absolute Gasteiger partial charge is 0.340 e. The fourth-order valence-corrected chi connectivity index (χ4v) is 5.54. The van der Waals surface area contributed by atoms with Gasteiger partial charge in [-0.1, -0.05) is 55.9 Å². The van der Waals surface area contributed by atoms with Crippen molar-refractivity contribution >= 4 is 40.9 Å². The highest BCUT2D eigenvalue weighted by Crippen LogP contribution is 2.44. The summed E-state index contributed by atoms with van der Waals surface area (Å²) < 4.78 is 11.1. The van der Waals surface area contributed by atoms with Crippen LogP contribution >= 0.6 is 11.8 Å². The number of hydrogen-bond donors (Lipinski definition) is 3. The lowest BCUT2D eigenvalue weighted by Gasteiger charge is -2.25. The van der Waals surface area contributed by atoms with E-state index in [0.29, 0.717) is 30.6 Å². The predicted molar refractivity (Wildman–Crippen MR) is 149 cm³/mol. The summed E-state index contributed by atoms with van der Waals surface area (Å²) in [5.41, 5.74) is 2.71. The van der Waals surface area contributed by atoms with Gasteiger partial charge in [0.25, 0.3) is 5.91 Å². The summed E-state index contributed by atoms with van der Waals surface area (Å²) in [4.78, 5) is 41.2. The zero-order valence-corrected chi connectivity index (χ0v) is 22.6. The third kappa shape index (κ3) is 6.43. The van der Waals surface area contributed by atoms with E-state index in [2.05, 4.69) is 16.0 Å². The van der Waals surface area contributed by atoms with Gasteiger partial charge in [-0.15, -0.1) is 0 Å². The fourth-order valence-electron chi connectivity index (χ4n) is 4.58. The van der Waals surface area contributed by atoms with Gasteiger partial charge < -0.3 is 25.4 Å². The van der Waals surface area contributed by atoms with Gasteiger partial charge in [0.2, 0.25) is 12.2 Å². The SMILES string of the molecule is CC(C)C[C@H](NC(=O)c1ccc2c(c1)Nc1ccccc1S2)C(=O)NC1CCOC1OC(=O)c1ccccc1. The molecule has 39 heavy (non-hydrogen) atoms. The Kier molecular flexibility index (Phi) is 8.18. The molecule has 0 saturated carbocycles. The van der Waals surface area contributed by atoms with Crippen LogP contribution < -0.4 is 16.0 Å². The quantitative estimate of drug-likeness (QED) is 0.264. The van der Waals surface area contributed by atoms with E-state index in [4.69, 9.17) is 9.47 Å². The molecule has 2 aliphatic rings. The fraction of sp³-hybridized carbons (Fsp3) is 0.300. The van der Waals surface area contributed by atoms with Crippen molar-refractivity contribution in [1.82, 2.24) is 10.6 Å². The average Bonchev–Trinajstić information content (AvgIpc) is 3.37. The molecular weight excluding hydrogens is 514 g/mol. The number of carbonyl (C=O) groups is 3. The number of esters is 1. The lowest BCUT2D eigenvalue weighted by atomic mass is 10.0. The Morgan fingerprint density at radius 3 is 2.51 bits per heavy atom. The van der Waals surface area contributed by atoms with E-state index in [1.807, 2.05) is 56.3 Å². The van der Waals surface area contributed by atoms with Gasteiger partial charge in [0.1, 0.15) is 6.04 Å². The van der Waals surface area contributed by atoms with E-state index < -0.39 is 24.3 Å². The molecule has 3 atom stereocenters. The molecule has 3 N–H and O–H groups in total. The van der Waals surface area contributed by atoms with Crippen LogP contribution in [0.1, 0.15) is 47.4 Å². The van der Waals surface area contributed by atoms with Crippen LogP contribution in [0.5, 0.6) is 0 Å². The first-order chi connectivity index (χ1) is 18.9. The van der Waals surface area contributed by atoms with Crippen molar-refractivity contribution < 1.29 is 23.9 Å². The van der Waals surface area contributed by atoms with Crippen molar-refractivity contribution in [2.24, 2.45) is 5.92 Å². The standard InChI is InChI=1S/C30H31N3O5S/c1-18(2)16-24(28(35)32-22-14-15-37-30(22)38-29(36)19-8-4-3-5-9-19)33-27(34)20-12-13-26-23(17-20)31-21-10-6-7-11-25(21)39-26/h3-13,17-18,22,24,30-31H,14-16H2,1-2H3,(H,32,35)(H,33,34)/t22?,24-,30?/m0/s1. The molecule has 2 unspecified atom stereocenters. The molecule has 202 valence electrons. The van der Waals surface area contributed by atoms with Crippen LogP contribution in [0.2, 0.25) is 0 Å². The Labute approximate surface area is 231 Å². The van der Waals surface area contributed by atoms with Gasteiger partial charge in [-0.3, -0.25) is 9.59 Å². The van der Waals surface area contributed by atoms with E-state index in [-0.39, 0.29) is 17.7 Å². The number of fused-ring (bicyclic) bond motifs is 2. The van der Waals surface area contributed by atoms with Crippen LogP contribution in [0.15, 0.2) is 82.6 Å². The van der Waals surface area contributed by atoms with Gasteiger partial charge in [0, 0.05) is 15.4 Å². The second-order valence-corrected chi connectivity index (χ2v) is 11.1.